The molecule has 4 aromatic heterocycles. The third kappa shape index (κ3) is 5.80. The van der Waals surface area contributed by atoms with Crippen molar-refractivity contribution in [2.75, 3.05) is 25.3 Å². The SMILES string of the molecule is COc1ccc(-c2cnc(N)c(-c3ccc(NC(=O)c4cn(Cc5cccc(C)n5)c5nc(C)nn5c4=O)cc3)c2)cc1OC. The monoisotopic (exact) mass is 602 g/mol. The Kier molecular flexibility index (Phi) is 7.69. The number of amides is 1. The van der Waals surface area contributed by atoms with E-state index in [1.165, 1.54) is 6.20 Å². The minimum Gasteiger partial charge on any atom is -0.493 e. The van der Waals surface area contributed by atoms with Crippen LogP contribution in [0.2, 0.25) is 0 Å². The molecule has 0 spiro atoms. The molecular weight excluding hydrogens is 572 g/mol. The number of methoxy groups -OCH3 is 2. The van der Waals surface area contributed by atoms with Gasteiger partial charge >= 0.3 is 0 Å². The first-order chi connectivity index (χ1) is 21.7. The molecule has 6 aromatic rings. The molecule has 226 valence electrons. The van der Waals surface area contributed by atoms with E-state index >= 15 is 0 Å². The molecule has 0 bridgehead atoms. The fourth-order valence-electron chi connectivity index (χ4n) is 5.05. The smallest absolute Gasteiger partial charge is 0.288 e. The van der Waals surface area contributed by atoms with Gasteiger partial charge in [-0.15, -0.1) is 5.10 Å². The van der Waals surface area contributed by atoms with Crippen molar-refractivity contribution in [2.24, 2.45) is 0 Å². The summed E-state index contributed by atoms with van der Waals surface area (Å²) in [7, 11) is 3.17. The average molecular weight is 603 g/mol. The fourth-order valence-corrected chi connectivity index (χ4v) is 5.05. The maximum Gasteiger partial charge on any atom is 0.288 e. The number of anilines is 2. The Morgan fingerprint density at radius 3 is 2.40 bits per heavy atom. The molecule has 0 fully saturated rings. The van der Waals surface area contributed by atoms with Gasteiger partial charge in [-0.25, -0.2) is 4.98 Å². The van der Waals surface area contributed by atoms with Gasteiger partial charge in [0.15, 0.2) is 11.5 Å². The average Bonchev–Trinajstić information content (AvgIpc) is 3.45. The van der Waals surface area contributed by atoms with Crippen LogP contribution in [0.5, 0.6) is 11.5 Å². The summed E-state index contributed by atoms with van der Waals surface area (Å²) < 4.78 is 13.6. The Bertz CT molecular complexity index is 2120. The Balaban J connectivity index is 1.27. The molecule has 45 heavy (non-hydrogen) atoms. The van der Waals surface area contributed by atoms with Crippen LogP contribution in [0.4, 0.5) is 11.5 Å². The van der Waals surface area contributed by atoms with Crippen LogP contribution in [-0.2, 0) is 6.54 Å². The summed E-state index contributed by atoms with van der Waals surface area (Å²) >= 11 is 0. The van der Waals surface area contributed by atoms with E-state index in [2.05, 4.69) is 25.4 Å². The molecule has 4 heterocycles. The summed E-state index contributed by atoms with van der Waals surface area (Å²) in [6.45, 7) is 3.89. The van der Waals surface area contributed by atoms with E-state index in [1.807, 2.05) is 61.5 Å². The van der Waals surface area contributed by atoms with E-state index in [1.54, 1.807) is 44.0 Å². The maximum atomic E-state index is 13.4. The molecule has 12 nitrogen and oxygen atoms in total. The number of aromatic nitrogens is 6. The van der Waals surface area contributed by atoms with Crippen molar-refractivity contribution < 1.29 is 14.3 Å². The van der Waals surface area contributed by atoms with Gasteiger partial charge in [0.1, 0.15) is 17.2 Å². The largest absolute Gasteiger partial charge is 0.493 e. The summed E-state index contributed by atoms with van der Waals surface area (Å²) in [4.78, 5) is 40.0. The minimum absolute atomic E-state index is 0.0832. The number of nitrogens with zero attached hydrogens (tertiary/aromatic N) is 6. The number of benzene rings is 2. The first-order valence-corrected chi connectivity index (χ1v) is 14.0. The molecule has 6 rings (SSSR count). The second kappa shape index (κ2) is 11.9. The molecule has 0 radical (unpaired) electrons. The maximum absolute atomic E-state index is 13.4. The van der Waals surface area contributed by atoms with Gasteiger partial charge in [-0.2, -0.15) is 9.50 Å². The number of hydrogen-bond acceptors (Lipinski definition) is 9. The lowest BCUT2D eigenvalue weighted by atomic mass is 10.0. The number of ether oxygens (including phenoxy) is 2. The molecule has 0 atom stereocenters. The van der Waals surface area contributed by atoms with Crippen molar-refractivity contribution >= 4 is 23.2 Å². The van der Waals surface area contributed by atoms with Gasteiger partial charge in [-0.05, 0) is 67.4 Å². The summed E-state index contributed by atoms with van der Waals surface area (Å²) in [6, 6.07) is 20.4. The molecular formula is C33H30N8O4. The van der Waals surface area contributed by atoms with Crippen molar-refractivity contribution in [3.8, 4) is 33.8 Å². The van der Waals surface area contributed by atoms with Crippen molar-refractivity contribution in [3.63, 3.8) is 0 Å². The van der Waals surface area contributed by atoms with E-state index in [0.29, 0.717) is 41.2 Å². The fraction of sp³-hybridized carbons (Fsp3) is 0.152. The molecule has 3 N–H and O–H groups in total. The van der Waals surface area contributed by atoms with Gasteiger partial charge in [0.05, 0.1) is 26.5 Å². The number of pyridine rings is 2. The van der Waals surface area contributed by atoms with Gasteiger partial charge < -0.3 is 25.1 Å². The summed E-state index contributed by atoms with van der Waals surface area (Å²) in [5, 5.41) is 7.05. The number of rotatable bonds is 8. The lowest BCUT2D eigenvalue weighted by Crippen LogP contribution is -2.29. The lowest BCUT2D eigenvalue weighted by molar-refractivity contribution is 0.102. The van der Waals surface area contributed by atoms with E-state index < -0.39 is 11.5 Å². The topological polar surface area (TPSA) is 152 Å². The number of carbonyl (C=O) groups is 1. The van der Waals surface area contributed by atoms with Gasteiger partial charge in [0, 0.05) is 34.9 Å². The van der Waals surface area contributed by atoms with Crippen molar-refractivity contribution in [2.45, 2.75) is 20.4 Å². The van der Waals surface area contributed by atoms with Crippen molar-refractivity contribution in [1.82, 2.24) is 29.1 Å². The predicted octanol–water partition coefficient (Wildman–Crippen LogP) is 4.53. The molecule has 0 unspecified atom stereocenters. The molecule has 0 aliphatic carbocycles. The van der Waals surface area contributed by atoms with Crippen LogP contribution in [0.1, 0.15) is 27.6 Å². The van der Waals surface area contributed by atoms with E-state index in [9.17, 15) is 9.59 Å². The second-order valence-electron chi connectivity index (χ2n) is 10.4. The van der Waals surface area contributed by atoms with Gasteiger partial charge in [0.25, 0.3) is 11.5 Å². The molecule has 0 aliphatic heterocycles. The summed E-state index contributed by atoms with van der Waals surface area (Å²) in [5.74, 6) is 1.74. The molecule has 0 saturated carbocycles. The highest BCUT2D eigenvalue weighted by atomic mass is 16.5. The minimum atomic E-state index is -0.578. The van der Waals surface area contributed by atoms with Crippen LogP contribution in [-0.4, -0.2) is 49.3 Å². The van der Waals surface area contributed by atoms with Crippen LogP contribution in [0, 0.1) is 13.8 Å². The first-order valence-electron chi connectivity index (χ1n) is 14.0. The van der Waals surface area contributed by atoms with Crippen LogP contribution in [0.25, 0.3) is 28.0 Å². The standard InChI is InChI=1S/C33H30N8O4/c1-19-6-5-7-25(36-19)17-40-18-27(32(43)41-33(40)37-20(2)39-41)31(42)38-24-11-8-21(9-12-24)26-14-23(16-35-30(26)34)22-10-13-28(44-3)29(15-22)45-4/h5-16,18H,17H2,1-4H3,(H2,34,35)(H,38,42). The zero-order valence-electron chi connectivity index (χ0n) is 25.1. The van der Waals surface area contributed by atoms with Crippen molar-refractivity contribution in [3.05, 3.63) is 112 Å². The molecule has 0 saturated heterocycles. The Morgan fingerprint density at radius 1 is 0.911 bits per heavy atom. The number of hydrogen-bond donors (Lipinski definition) is 2. The van der Waals surface area contributed by atoms with E-state index in [4.69, 9.17) is 15.2 Å². The molecule has 12 heteroatoms. The highest BCUT2D eigenvalue weighted by Gasteiger charge is 2.19. The Labute approximate surface area is 258 Å². The Hall–Kier alpha value is -6.04. The van der Waals surface area contributed by atoms with Crippen LogP contribution in [0.15, 0.2) is 83.9 Å². The molecule has 2 aromatic carbocycles. The number of nitrogens with two attached hydrogens (primary N) is 1. The zero-order valence-corrected chi connectivity index (χ0v) is 25.1. The third-order valence-electron chi connectivity index (χ3n) is 7.27. The lowest BCUT2D eigenvalue weighted by Gasteiger charge is -2.13. The first kappa shape index (κ1) is 29.1. The molecule has 0 aliphatic rings. The number of carbonyl (C=O) groups excluding carboxylic acids is 1. The molecule has 1 amide bonds. The zero-order chi connectivity index (χ0) is 31.7. The predicted molar refractivity (Wildman–Crippen MR) is 171 cm³/mol. The van der Waals surface area contributed by atoms with E-state index in [0.717, 1.165) is 38.2 Å². The van der Waals surface area contributed by atoms with Gasteiger partial charge in [0.2, 0.25) is 5.78 Å². The van der Waals surface area contributed by atoms with Crippen LogP contribution < -0.4 is 26.1 Å². The number of nitrogen functional groups attached to an aromatic ring is 1. The van der Waals surface area contributed by atoms with Crippen molar-refractivity contribution in [1.29, 1.82) is 0 Å². The second-order valence-corrected chi connectivity index (χ2v) is 10.4. The van der Waals surface area contributed by atoms with Gasteiger partial charge in [-0.1, -0.05) is 24.3 Å². The highest BCUT2D eigenvalue weighted by molar-refractivity contribution is 6.04. The number of nitrogens with one attached hydrogen (secondary N) is 1. The number of fused-ring (bicyclic) bond motifs is 1. The highest BCUT2D eigenvalue weighted by Crippen LogP contribution is 2.35. The quantitative estimate of drug-likeness (QED) is 0.256. The third-order valence-corrected chi connectivity index (χ3v) is 7.27. The summed E-state index contributed by atoms with van der Waals surface area (Å²) in [6.07, 6.45) is 3.19. The Morgan fingerprint density at radius 2 is 1.67 bits per heavy atom. The normalized spacial score (nSPS) is 11.0. The number of aryl methyl sites for hydroxylation is 2. The van der Waals surface area contributed by atoms with Crippen LogP contribution in [0.3, 0.4) is 0 Å². The van der Waals surface area contributed by atoms with Gasteiger partial charge in [-0.3, -0.25) is 14.6 Å². The van der Waals surface area contributed by atoms with Crippen LogP contribution >= 0.6 is 0 Å². The summed E-state index contributed by atoms with van der Waals surface area (Å²) in [5.41, 5.74) is 11.0. The van der Waals surface area contributed by atoms with E-state index in [-0.39, 0.29) is 5.56 Å².